The second-order valence-corrected chi connectivity index (χ2v) is 9.82. The normalized spacial score (nSPS) is 26.2. The Hall–Kier alpha value is -3.62. The zero-order chi connectivity index (χ0) is 29.1. The van der Waals surface area contributed by atoms with E-state index < -0.39 is 54.2 Å². The lowest BCUT2D eigenvalue weighted by molar-refractivity contribution is -0.319. The highest BCUT2D eigenvalue weighted by Gasteiger charge is 2.53. The summed E-state index contributed by atoms with van der Waals surface area (Å²) in [4.78, 5) is 15.0. The molecule has 0 saturated carbocycles. The second-order valence-electron chi connectivity index (χ2n) is 9.82. The van der Waals surface area contributed by atoms with Crippen LogP contribution in [-0.4, -0.2) is 84.7 Å². The van der Waals surface area contributed by atoms with E-state index in [2.05, 4.69) is 10.3 Å². The molecule has 41 heavy (non-hydrogen) atoms. The molecule has 0 aliphatic carbocycles. The van der Waals surface area contributed by atoms with E-state index >= 15 is 0 Å². The first-order valence-corrected chi connectivity index (χ1v) is 12.8. The summed E-state index contributed by atoms with van der Waals surface area (Å²) in [6.45, 7) is -0.0908. The summed E-state index contributed by atoms with van der Waals surface area (Å²) in [7, 11) is 4.98. The first-order chi connectivity index (χ1) is 19.8. The average Bonchev–Trinajstić information content (AvgIpc) is 3.46. The van der Waals surface area contributed by atoms with E-state index in [1.165, 1.54) is 24.1 Å². The molecular formula is C28H29F3N4O6. The maximum atomic E-state index is 14.0. The number of hydrogen-bond donors (Lipinski definition) is 0. The molecule has 218 valence electrons. The number of hydrogen-bond acceptors (Lipinski definition) is 9. The van der Waals surface area contributed by atoms with Crippen LogP contribution in [0.3, 0.4) is 0 Å². The predicted molar refractivity (Wildman–Crippen MR) is 138 cm³/mol. The van der Waals surface area contributed by atoms with E-state index in [4.69, 9.17) is 23.7 Å². The van der Waals surface area contributed by atoms with Gasteiger partial charge < -0.3 is 28.6 Å². The third-order valence-corrected chi connectivity index (χ3v) is 6.71. The number of rotatable bonds is 9. The third kappa shape index (κ3) is 6.19. The van der Waals surface area contributed by atoms with Crippen molar-refractivity contribution in [1.82, 2.24) is 19.9 Å². The van der Waals surface area contributed by atoms with Gasteiger partial charge in [-0.3, -0.25) is 4.79 Å². The minimum absolute atomic E-state index is 0.0257. The Morgan fingerprint density at radius 3 is 2.56 bits per heavy atom. The fraction of sp³-hybridized carbons (Fsp3) is 0.393. The quantitative estimate of drug-likeness (QED) is 0.216. The van der Waals surface area contributed by atoms with Crippen molar-refractivity contribution >= 4 is 5.78 Å². The van der Waals surface area contributed by atoms with Gasteiger partial charge in [-0.05, 0) is 18.2 Å². The highest BCUT2D eigenvalue weighted by molar-refractivity contribution is 5.94. The molecule has 1 aromatic heterocycles. The van der Waals surface area contributed by atoms with Crippen molar-refractivity contribution < 1.29 is 41.7 Å². The largest absolute Gasteiger partial charge is 0.383 e. The molecular weight excluding hydrogens is 545 g/mol. The summed E-state index contributed by atoms with van der Waals surface area (Å²) >= 11 is 0. The molecule has 0 bridgehead atoms. The molecule has 3 heterocycles. The molecule has 13 heteroatoms. The van der Waals surface area contributed by atoms with Crippen LogP contribution < -0.4 is 0 Å². The van der Waals surface area contributed by atoms with Crippen molar-refractivity contribution in [3.8, 4) is 11.3 Å². The number of fused-ring (bicyclic) bond motifs is 1. The van der Waals surface area contributed by atoms with E-state index in [1.807, 2.05) is 30.3 Å². The zero-order valence-corrected chi connectivity index (χ0v) is 22.5. The fourth-order valence-electron chi connectivity index (χ4n) is 4.82. The average molecular weight is 575 g/mol. The topological polar surface area (TPSA) is 97.2 Å². The lowest BCUT2D eigenvalue weighted by Crippen LogP contribution is -2.61. The van der Waals surface area contributed by atoms with Crippen molar-refractivity contribution in [3.63, 3.8) is 0 Å². The van der Waals surface area contributed by atoms with Gasteiger partial charge in [0.2, 0.25) is 0 Å². The van der Waals surface area contributed by atoms with Crippen LogP contribution in [0.15, 0.2) is 60.9 Å². The first kappa shape index (κ1) is 28.9. The molecule has 0 amide bonds. The van der Waals surface area contributed by atoms with Crippen LogP contribution in [0.1, 0.15) is 17.9 Å². The lowest BCUT2D eigenvalue weighted by Gasteiger charge is -2.48. The highest BCUT2D eigenvalue weighted by atomic mass is 19.2. The molecule has 3 aromatic rings. The van der Waals surface area contributed by atoms with Crippen molar-refractivity contribution in [1.29, 1.82) is 0 Å². The Morgan fingerprint density at radius 1 is 1.15 bits per heavy atom. The lowest BCUT2D eigenvalue weighted by atomic mass is 9.89. The Balaban J connectivity index is 1.55. The molecule has 0 radical (unpaired) electrons. The van der Waals surface area contributed by atoms with E-state index in [1.54, 1.807) is 25.2 Å². The number of ketones is 1. The van der Waals surface area contributed by atoms with Crippen LogP contribution in [0.2, 0.25) is 0 Å². The van der Waals surface area contributed by atoms with Crippen LogP contribution in [0.5, 0.6) is 0 Å². The Bertz CT molecular complexity index is 1370. The molecule has 6 atom stereocenters. The van der Waals surface area contributed by atoms with Gasteiger partial charge in [0.15, 0.2) is 29.5 Å². The molecule has 2 fully saturated rings. The monoisotopic (exact) mass is 574 g/mol. The molecule has 2 aliphatic heterocycles. The molecule has 0 unspecified atom stereocenters. The summed E-state index contributed by atoms with van der Waals surface area (Å²) < 4.78 is 72.7. The molecule has 2 aliphatic rings. The Kier molecular flexibility index (Phi) is 8.80. The minimum Gasteiger partial charge on any atom is -0.383 e. The number of ether oxygens (including phenoxy) is 5. The molecule has 2 saturated heterocycles. The third-order valence-electron chi connectivity index (χ3n) is 6.71. The predicted octanol–water partition coefficient (Wildman–Crippen LogP) is 3.42. The van der Waals surface area contributed by atoms with Crippen LogP contribution in [0.25, 0.3) is 11.3 Å². The summed E-state index contributed by atoms with van der Waals surface area (Å²) in [5.41, 5.74) is 0.809. The summed E-state index contributed by atoms with van der Waals surface area (Å²) in [5, 5.41) is 8.28. The van der Waals surface area contributed by atoms with Crippen molar-refractivity contribution in [2.75, 3.05) is 34.6 Å². The van der Waals surface area contributed by atoms with Crippen LogP contribution in [0.4, 0.5) is 13.2 Å². The summed E-state index contributed by atoms with van der Waals surface area (Å²) in [6, 6.07) is 10.1. The smallest absolute Gasteiger partial charge is 0.194 e. The van der Waals surface area contributed by atoms with Gasteiger partial charge in [-0.1, -0.05) is 35.5 Å². The van der Waals surface area contributed by atoms with Gasteiger partial charge >= 0.3 is 0 Å². The van der Waals surface area contributed by atoms with E-state index in [9.17, 15) is 18.0 Å². The van der Waals surface area contributed by atoms with E-state index in [0.29, 0.717) is 0 Å². The van der Waals surface area contributed by atoms with Crippen LogP contribution >= 0.6 is 0 Å². The van der Waals surface area contributed by atoms with Crippen LogP contribution in [0, 0.1) is 17.5 Å². The van der Waals surface area contributed by atoms with Gasteiger partial charge in [-0.2, -0.15) is 0 Å². The van der Waals surface area contributed by atoms with Crippen LogP contribution in [-0.2, 0) is 28.5 Å². The number of nitrogens with zero attached hydrogens (tertiary/aromatic N) is 4. The maximum Gasteiger partial charge on any atom is 0.194 e. The molecule has 10 nitrogen and oxygen atoms in total. The van der Waals surface area contributed by atoms with Gasteiger partial charge in [-0.25, -0.2) is 17.9 Å². The second kappa shape index (κ2) is 12.5. The molecule has 2 aromatic carbocycles. The molecule has 0 N–H and O–H groups in total. The Morgan fingerprint density at radius 2 is 1.88 bits per heavy atom. The van der Waals surface area contributed by atoms with Crippen molar-refractivity contribution in [2.24, 2.45) is 0 Å². The number of carbonyl (C=O) groups is 1. The zero-order valence-electron chi connectivity index (χ0n) is 22.5. The van der Waals surface area contributed by atoms with Gasteiger partial charge in [0.25, 0.3) is 0 Å². The number of benzene rings is 2. The van der Waals surface area contributed by atoms with Gasteiger partial charge in [0.05, 0.1) is 12.8 Å². The SMILES string of the molecule is COCO[C@@H]1[C@@H](n2cc(-c3cc(F)c(F)c(F)c3)nn2)[C@H]2O[C@@H](c3ccccc3)OC[C@H]2O[C@H]1C(=O)/C=C/N(C)C. The standard InChI is InChI=1S/C28H29F3N4O6/c1-34(2)10-9-21(36)25-27(39-15-37-3)24(26-22(40-25)14-38-28(41-26)16-7-5-4-6-8-16)35-13-20(32-33-35)17-11-18(29)23(31)19(30)12-17/h4-13,22,24-28H,14-15H2,1-3H3/b10-9+/t22-,24+,25+,26+,27-,28+/m1/s1. The van der Waals surface area contributed by atoms with E-state index in [-0.39, 0.29) is 30.4 Å². The number of halogens is 3. The number of methoxy groups -OCH3 is 1. The number of carbonyl (C=O) groups excluding carboxylic acids is 1. The highest BCUT2D eigenvalue weighted by Crippen LogP contribution is 2.41. The first-order valence-electron chi connectivity index (χ1n) is 12.8. The summed E-state index contributed by atoms with van der Waals surface area (Å²) in [5.74, 6) is -4.69. The molecule has 5 rings (SSSR count). The maximum absolute atomic E-state index is 14.0. The van der Waals surface area contributed by atoms with E-state index in [0.717, 1.165) is 17.7 Å². The number of aromatic nitrogens is 3. The van der Waals surface area contributed by atoms with Crippen molar-refractivity contribution in [2.45, 2.75) is 36.7 Å². The Labute approximate surface area is 234 Å². The fourth-order valence-corrected chi connectivity index (χ4v) is 4.82. The minimum atomic E-state index is -1.59. The molecule has 0 spiro atoms. The van der Waals surface area contributed by atoms with Gasteiger partial charge in [0, 0.05) is 38.5 Å². The van der Waals surface area contributed by atoms with Gasteiger partial charge in [0.1, 0.15) is 42.9 Å². The summed E-state index contributed by atoms with van der Waals surface area (Å²) in [6.07, 6.45) is 0.0739. The van der Waals surface area contributed by atoms with Gasteiger partial charge in [-0.15, -0.1) is 5.10 Å². The van der Waals surface area contributed by atoms with Crippen molar-refractivity contribution in [3.05, 3.63) is 84.0 Å².